The summed E-state index contributed by atoms with van der Waals surface area (Å²) in [6.45, 7) is 2.50. The van der Waals surface area contributed by atoms with Crippen LogP contribution in [0.3, 0.4) is 0 Å². The van der Waals surface area contributed by atoms with E-state index in [-0.39, 0.29) is 5.92 Å². The Bertz CT molecular complexity index is 404. The van der Waals surface area contributed by atoms with E-state index >= 15 is 0 Å². The monoisotopic (exact) mass is 275 g/mol. The van der Waals surface area contributed by atoms with Crippen LogP contribution in [0.25, 0.3) is 0 Å². The first-order chi connectivity index (χ1) is 8.93. The predicted octanol–water partition coefficient (Wildman–Crippen LogP) is 3.95. The molecule has 0 radical (unpaired) electrons. The fourth-order valence-corrected chi connectivity index (χ4v) is 2.17. The van der Waals surface area contributed by atoms with Crippen LogP contribution in [-0.2, 0) is 6.18 Å². The standard InChI is InChI=1S/C14H20F3NO/c1-3-10(5-4-8-18)12-9-11(14(15,16)17)6-7-13(12)19-2/h6-7,9-10H,3-5,8,18H2,1-2H3. The summed E-state index contributed by atoms with van der Waals surface area (Å²) in [6.07, 6.45) is -2.01. The van der Waals surface area contributed by atoms with Gasteiger partial charge in [0, 0.05) is 0 Å². The molecule has 0 saturated carbocycles. The molecular weight excluding hydrogens is 255 g/mol. The Kier molecular flexibility index (Phi) is 5.66. The summed E-state index contributed by atoms with van der Waals surface area (Å²) < 4.78 is 43.5. The molecule has 5 heteroatoms. The van der Waals surface area contributed by atoms with Gasteiger partial charge < -0.3 is 10.5 Å². The Labute approximate surface area is 111 Å². The van der Waals surface area contributed by atoms with Crippen molar-refractivity contribution in [3.8, 4) is 5.75 Å². The van der Waals surface area contributed by atoms with Crippen molar-refractivity contribution in [2.24, 2.45) is 5.73 Å². The maximum atomic E-state index is 12.8. The Morgan fingerprint density at radius 1 is 1.32 bits per heavy atom. The summed E-state index contributed by atoms with van der Waals surface area (Å²) in [6, 6.07) is 3.64. The summed E-state index contributed by atoms with van der Waals surface area (Å²) >= 11 is 0. The largest absolute Gasteiger partial charge is 0.496 e. The van der Waals surface area contributed by atoms with Crippen LogP contribution >= 0.6 is 0 Å². The molecule has 0 aromatic heterocycles. The molecule has 2 nitrogen and oxygen atoms in total. The van der Waals surface area contributed by atoms with Gasteiger partial charge in [0.1, 0.15) is 5.75 Å². The second-order valence-corrected chi connectivity index (χ2v) is 4.49. The normalized spacial score (nSPS) is 13.4. The van der Waals surface area contributed by atoms with Crippen LogP contribution in [0.15, 0.2) is 18.2 Å². The minimum absolute atomic E-state index is 0.0424. The van der Waals surface area contributed by atoms with Gasteiger partial charge >= 0.3 is 6.18 Å². The molecule has 2 N–H and O–H groups in total. The van der Waals surface area contributed by atoms with Gasteiger partial charge in [-0.25, -0.2) is 0 Å². The third-order valence-electron chi connectivity index (χ3n) is 3.25. The zero-order valence-electron chi connectivity index (χ0n) is 11.3. The average molecular weight is 275 g/mol. The molecule has 0 spiro atoms. The van der Waals surface area contributed by atoms with Crippen LogP contribution in [-0.4, -0.2) is 13.7 Å². The second-order valence-electron chi connectivity index (χ2n) is 4.49. The minimum atomic E-state index is -4.33. The first kappa shape index (κ1) is 15.8. The molecule has 1 aromatic carbocycles. The van der Waals surface area contributed by atoms with Gasteiger partial charge in [0.05, 0.1) is 12.7 Å². The molecule has 108 valence electrons. The Balaban J connectivity index is 3.13. The summed E-state index contributed by atoms with van der Waals surface area (Å²) in [5, 5.41) is 0. The Morgan fingerprint density at radius 3 is 2.47 bits per heavy atom. The maximum absolute atomic E-state index is 12.8. The quantitative estimate of drug-likeness (QED) is 0.853. The molecule has 0 aliphatic heterocycles. The van der Waals surface area contributed by atoms with Gasteiger partial charge in [-0.2, -0.15) is 13.2 Å². The molecule has 19 heavy (non-hydrogen) atoms. The van der Waals surface area contributed by atoms with Crippen molar-refractivity contribution in [2.45, 2.75) is 38.3 Å². The van der Waals surface area contributed by atoms with E-state index in [2.05, 4.69) is 0 Å². The van der Waals surface area contributed by atoms with Crippen LogP contribution < -0.4 is 10.5 Å². The Hall–Kier alpha value is -1.23. The predicted molar refractivity (Wildman–Crippen MR) is 69.3 cm³/mol. The Morgan fingerprint density at radius 2 is 2.00 bits per heavy atom. The van der Waals surface area contributed by atoms with E-state index in [4.69, 9.17) is 10.5 Å². The summed E-state index contributed by atoms with van der Waals surface area (Å²) in [5.41, 5.74) is 5.46. The maximum Gasteiger partial charge on any atom is 0.416 e. The molecule has 1 aromatic rings. The molecule has 0 bridgehead atoms. The van der Waals surface area contributed by atoms with Crippen molar-refractivity contribution in [3.05, 3.63) is 29.3 Å². The molecule has 0 fully saturated rings. The number of methoxy groups -OCH3 is 1. The summed E-state index contributed by atoms with van der Waals surface area (Å²) in [5.74, 6) is 0.553. The van der Waals surface area contributed by atoms with Crippen LogP contribution in [0.1, 0.15) is 43.2 Å². The van der Waals surface area contributed by atoms with Gasteiger partial charge in [0.15, 0.2) is 0 Å². The number of alkyl halides is 3. The van der Waals surface area contributed by atoms with Crippen molar-refractivity contribution in [1.29, 1.82) is 0 Å². The molecule has 0 amide bonds. The lowest BCUT2D eigenvalue weighted by atomic mass is 9.90. The highest BCUT2D eigenvalue weighted by molar-refractivity contribution is 5.40. The van der Waals surface area contributed by atoms with Crippen molar-refractivity contribution < 1.29 is 17.9 Å². The number of halogens is 3. The molecule has 1 unspecified atom stereocenters. The van der Waals surface area contributed by atoms with Crippen LogP contribution in [0.5, 0.6) is 5.75 Å². The highest BCUT2D eigenvalue weighted by Crippen LogP contribution is 2.37. The van der Waals surface area contributed by atoms with E-state index in [9.17, 15) is 13.2 Å². The lowest BCUT2D eigenvalue weighted by Crippen LogP contribution is -2.09. The smallest absolute Gasteiger partial charge is 0.416 e. The van der Waals surface area contributed by atoms with Crippen LogP contribution in [0.4, 0.5) is 13.2 Å². The number of rotatable bonds is 6. The fraction of sp³-hybridized carbons (Fsp3) is 0.571. The van der Waals surface area contributed by atoms with Crippen LogP contribution in [0, 0.1) is 0 Å². The highest BCUT2D eigenvalue weighted by atomic mass is 19.4. The van der Waals surface area contributed by atoms with Gasteiger partial charge in [0.2, 0.25) is 0 Å². The highest BCUT2D eigenvalue weighted by Gasteiger charge is 2.31. The SMILES string of the molecule is CCC(CCCN)c1cc(C(F)(F)F)ccc1OC. The van der Waals surface area contributed by atoms with E-state index in [1.54, 1.807) is 0 Å². The number of benzene rings is 1. The number of ether oxygens (including phenoxy) is 1. The lowest BCUT2D eigenvalue weighted by molar-refractivity contribution is -0.137. The number of hydrogen-bond donors (Lipinski definition) is 1. The molecule has 0 aliphatic rings. The number of hydrogen-bond acceptors (Lipinski definition) is 2. The molecule has 0 saturated heterocycles. The number of nitrogens with two attached hydrogens (primary N) is 1. The van der Waals surface area contributed by atoms with E-state index in [1.807, 2.05) is 6.92 Å². The topological polar surface area (TPSA) is 35.2 Å². The van der Waals surface area contributed by atoms with Gasteiger partial charge in [0.25, 0.3) is 0 Å². The van der Waals surface area contributed by atoms with Gasteiger partial charge in [-0.3, -0.25) is 0 Å². The van der Waals surface area contributed by atoms with E-state index in [0.717, 1.165) is 25.3 Å². The zero-order valence-corrected chi connectivity index (χ0v) is 11.3. The second kappa shape index (κ2) is 6.80. The van der Waals surface area contributed by atoms with Crippen molar-refractivity contribution in [3.63, 3.8) is 0 Å². The minimum Gasteiger partial charge on any atom is -0.496 e. The summed E-state index contributed by atoms with van der Waals surface area (Å²) in [4.78, 5) is 0. The summed E-state index contributed by atoms with van der Waals surface area (Å²) in [7, 11) is 1.47. The molecular formula is C14H20F3NO. The fourth-order valence-electron chi connectivity index (χ4n) is 2.17. The molecule has 1 atom stereocenters. The molecule has 0 heterocycles. The van der Waals surface area contributed by atoms with Crippen molar-refractivity contribution in [2.75, 3.05) is 13.7 Å². The van der Waals surface area contributed by atoms with Crippen LogP contribution in [0.2, 0.25) is 0 Å². The van der Waals surface area contributed by atoms with Gasteiger partial charge in [-0.1, -0.05) is 6.92 Å². The van der Waals surface area contributed by atoms with E-state index in [0.29, 0.717) is 17.9 Å². The molecule has 1 rings (SSSR count). The first-order valence-corrected chi connectivity index (χ1v) is 6.39. The third-order valence-corrected chi connectivity index (χ3v) is 3.25. The average Bonchev–Trinajstić information content (AvgIpc) is 2.38. The first-order valence-electron chi connectivity index (χ1n) is 6.39. The zero-order chi connectivity index (χ0) is 14.5. The van der Waals surface area contributed by atoms with Crippen molar-refractivity contribution >= 4 is 0 Å². The lowest BCUT2D eigenvalue weighted by Gasteiger charge is -2.20. The van der Waals surface area contributed by atoms with E-state index < -0.39 is 11.7 Å². The third kappa shape index (κ3) is 4.13. The van der Waals surface area contributed by atoms with Gasteiger partial charge in [-0.05, 0) is 55.5 Å². The molecule has 0 aliphatic carbocycles. The van der Waals surface area contributed by atoms with Gasteiger partial charge in [-0.15, -0.1) is 0 Å². The van der Waals surface area contributed by atoms with Crippen molar-refractivity contribution in [1.82, 2.24) is 0 Å². The van der Waals surface area contributed by atoms with E-state index in [1.165, 1.54) is 19.2 Å².